The first kappa shape index (κ1) is 13.6. The zero-order valence-corrected chi connectivity index (χ0v) is 11.6. The predicted octanol–water partition coefficient (Wildman–Crippen LogP) is 4.72. The number of alkyl halides is 3. The number of nitrogens with one attached hydrogen (secondary N) is 1. The summed E-state index contributed by atoms with van der Waals surface area (Å²) in [7, 11) is 0. The smallest absolute Gasteiger partial charge is 0.337 e. The van der Waals surface area contributed by atoms with Crippen molar-refractivity contribution in [2.24, 2.45) is 0 Å². The summed E-state index contributed by atoms with van der Waals surface area (Å²) in [6, 6.07) is 3.76. The summed E-state index contributed by atoms with van der Waals surface area (Å²) in [5, 5.41) is 2.80. The zero-order valence-electron chi connectivity index (χ0n) is 8.42. The van der Waals surface area contributed by atoms with Crippen molar-refractivity contribution in [3.8, 4) is 0 Å². The van der Waals surface area contributed by atoms with Gasteiger partial charge in [0.1, 0.15) is 0 Å². The van der Waals surface area contributed by atoms with Crippen LogP contribution in [0, 0.1) is 0 Å². The lowest BCUT2D eigenvalue weighted by atomic mass is 10.2. The molecule has 0 fully saturated rings. The third kappa shape index (κ3) is 2.93. The molecule has 0 saturated carbocycles. The normalized spacial score (nSPS) is 11.6. The molecule has 0 aliphatic rings. The van der Waals surface area contributed by atoms with Gasteiger partial charge in [0.2, 0.25) is 0 Å². The van der Waals surface area contributed by atoms with E-state index < -0.39 is 11.7 Å². The minimum Gasteiger partial charge on any atom is -0.337 e. The zero-order chi connectivity index (χ0) is 13.3. The van der Waals surface area contributed by atoms with Gasteiger partial charge in [0.05, 0.1) is 17.3 Å². The van der Waals surface area contributed by atoms with Crippen LogP contribution < -0.4 is 5.32 Å². The SMILES string of the molecule is FC(F)(F)c1cc(Nc2nsnc2Cl)ccc1Br. The van der Waals surface area contributed by atoms with Crippen LogP contribution in [0.15, 0.2) is 22.7 Å². The maximum absolute atomic E-state index is 12.7. The lowest BCUT2D eigenvalue weighted by molar-refractivity contribution is -0.138. The fourth-order valence-electron chi connectivity index (χ4n) is 1.21. The van der Waals surface area contributed by atoms with Crippen LogP contribution in [0.1, 0.15) is 5.56 Å². The minimum absolute atomic E-state index is 0.0250. The lowest BCUT2D eigenvalue weighted by Crippen LogP contribution is -2.06. The summed E-state index contributed by atoms with van der Waals surface area (Å²) >= 11 is 9.42. The van der Waals surface area contributed by atoms with Crippen molar-refractivity contribution in [1.82, 2.24) is 8.75 Å². The molecular weight excluding hydrogens is 355 g/mol. The quantitative estimate of drug-likeness (QED) is 0.844. The molecule has 0 atom stereocenters. The highest BCUT2D eigenvalue weighted by atomic mass is 79.9. The van der Waals surface area contributed by atoms with E-state index in [-0.39, 0.29) is 21.1 Å². The molecule has 2 aromatic rings. The maximum Gasteiger partial charge on any atom is 0.417 e. The van der Waals surface area contributed by atoms with Crippen molar-refractivity contribution < 1.29 is 13.2 Å². The molecule has 1 aromatic heterocycles. The summed E-state index contributed by atoms with van der Waals surface area (Å²) in [5.74, 6) is 0.233. The average Bonchev–Trinajstić information content (AvgIpc) is 2.66. The summed E-state index contributed by atoms with van der Waals surface area (Å²) in [6.07, 6.45) is -4.43. The van der Waals surface area contributed by atoms with E-state index in [0.29, 0.717) is 0 Å². The van der Waals surface area contributed by atoms with Crippen LogP contribution in [0.4, 0.5) is 24.7 Å². The van der Waals surface area contributed by atoms with Gasteiger partial charge in [-0.3, -0.25) is 0 Å². The number of benzene rings is 1. The second-order valence-corrected chi connectivity index (χ2v) is 4.96. The first-order valence-corrected chi connectivity index (χ1v) is 6.40. The Morgan fingerprint density at radius 1 is 1.28 bits per heavy atom. The fraction of sp³-hybridized carbons (Fsp3) is 0.111. The van der Waals surface area contributed by atoms with Gasteiger partial charge >= 0.3 is 6.18 Å². The van der Waals surface area contributed by atoms with Gasteiger partial charge in [0, 0.05) is 10.2 Å². The van der Waals surface area contributed by atoms with Crippen LogP contribution in [0.5, 0.6) is 0 Å². The highest BCUT2D eigenvalue weighted by Crippen LogP contribution is 2.37. The van der Waals surface area contributed by atoms with Gasteiger partial charge in [-0.2, -0.15) is 21.9 Å². The Labute approximate surface area is 117 Å². The van der Waals surface area contributed by atoms with Crippen molar-refractivity contribution in [1.29, 1.82) is 0 Å². The van der Waals surface area contributed by atoms with E-state index in [1.807, 2.05) is 0 Å². The molecule has 0 aliphatic heterocycles. The number of aromatic nitrogens is 2. The second kappa shape index (κ2) is 5.02. The Kier molecular flexibility index (Phi) is 3.79. The largest absolute Gasteiger partial charge is 0.417 e. The second-order valence-electron chi connectivity index (χ2n) is 3.22. The topological polar surface area (TPSA) is 37.8 Å². The number of hydrogen-bond acceptors (Lipinski definition) is 4. The Morgan fingerprint density at radius 3 is 2.56 bits per heavy atom. The lowest BCUT2D eigenvalue weighted by Gasteiger charge is -2.11. The number of halogens is 5. The Balaban J connectivity index is 2.33. The molecule has 2 rings (SSSR count). The summed E-state index contributed by atoms with van der Waals surface area (Å²) in [5.41, 5.74) is -0.535. The maximum atomic E-state index is 12.7. The standard InChI is InChI=1S/C9H4BrClF3N3S/c10-6-2-1-4(3-5(6)9(12,13)14)15-8-7(11)16-18-17-8/h1-3H,(H,15,17). The highest BCUT2D eigenvalue weighted by molar-refractivity contribution is 9.10. The monoisotopic (exact) mass is 357 g/mol. The predicted molar refractivity (Wildman–Crippen MR) is 67.3 cm³/mol. The molecule has 0 unspecified atom stereocenters. The van der Waals surface area contributed by atoms with Crippen LogP contribution in [0.25, 0.3) is 0 Å². The number of nitrogens with zero attached hydrogens (tertiary/aromatic N) is 2. The molecule has 1 aromatic carbocycles. The van der Waals surface area contributed by atoms with Crippen molar-refractivity contribution in [2.45, 2.75) is 6.18 Å². The third-order valence-electron chi connectivity index (χ3n) is 1.98. The first-order valence-electron chi connectivity index (χ1n) is 4.50. The minimum atomic E-state index is -4.43. The molecule has 0 aliphatic carbocycles. The number of hydrogen-bond donors (Lipinski definition) is 1. The fourth-order valence-corrected chi connectivity index (χ4v) is 2.33. The van der Waals surface area contributed by atoms with E-state index >= 15 is 0 Å². The van der Waals surface area contributed by atoms with E-state index in [4.69, 9.17) is 11.6 Å². The molecule has 0 spiro atoms. The van der Waals surface area contributed by atoms with E-state index in [1.165, 1.54) is 12.1 Å². The molecule has 96 valence electrons. The van der Waals surface area contributed by atoms with Crippen molar-refractivity contribution in [3.05, 3.63) is 33.4 Å². The number of rotatable bonds is 2. The van der Waals surface area contributed by atoms with Crippen LogP contribution in [0.2, 0.25) is 5.15 Å². The van der Waals surface area contributed by atoms with E-state index in [0.717, 1.165) is 17.8 Å². The van der Waals surface area contributed by atoms with Crippen molar-refractivity contribution in [2.75, 3.05) is 5.32 Å². The van der Waals surface area contributed by atoms with Crippen LogP contribution in [0.3, 0.4) is 0 Å². The van der Waals surface area contributed by atoms with Crippen molar-refractivity contribution in [3.63, 3.8) is 0 Å². The van der Waals surface area contributed by atoms with Gasteiger partial charge in [0.15, 0.2) is 11.0 Å². The van der Waals surface area contributed by atoms with Gasteiger partial charge in [0.25, 0.3) is 0 Å². The Morgan fingerprint density at radius 2 is 2.00 bits per heavy atom. The van der Waals surface area contributed by atoms with Gasteiger partial charge in [-0.1, -0.05) is 27.5 Å². The molecule has 18 heavy (non-hydrogen) atoms. The van der Waals surface area contributed by atoms with E-state index in [1.54, 1.807) is 0 Å². The Hall–Kier alpha value is -0.860. The van der Waals surface area contributed by atoms with Crippen LogP contribution in [-0.2, 0) is 6.18 Å². The molecule has 3 nitrogen and oxygen atoms in total. The van der Waals surface area contributed by atoms with Gasteiger partial charge in [-0.25, -0.2) is 0 Å². The molecule has 1 N–H and O–H groups in total. The average molecular weight is 359 g/mol. The van der Waals surface area contributed by atoms with E-state index in [2.05, 4.69) is 30.0 Å². The molecular formula is C9H4BrClF3N3S. The molecule has 0 saturated heterocycles. The van der Waals surface area contributed by atoms with Crippen molar-refractivity contribution >= 4 is 50.8 Å². The van der Waals surface area contributed by atoms with Gasteiger partial charge in [-0.05, 0) is 18.2 Å². The molecule has 0 radical (unpaired) electrons. The first-order chi connectivity index (χ1) is 8.38. The summed E-state index contributed by atoms with van der Waals surface area (Å²) in [4.78, 5) is 0. The molecule has 0 amide bonds. The van der Waals surface area contributed by atoms with Crippen LogP contribution >= 0.6 is 39.3 Å². The van der Waals surface area contributed by atoms with Crippen LogP contribution in [-0.4, -0.2) is 8.75 Å². The van der Waals surface area contributed by atoms with E-state index in [9.17, 15) is 13.2 Å². The molecule has 1 heterocycles. The Bertz CT molecular complexity index is 572. The third-order valence-corrected chi connectivity index (χ3v) is 3.57. The van der Waals surface area contributed by atoms with Gasteiger partial charge < -0.3 is 5.32 Å². The van der Waals surface area contributed by atoms with Gasteiger partial charge in [-0.15, -0.1) is 0 Å². The summed E-state index contributed by atoms with van der Waals surface area (Å²) < 4.78 is 45.5. The molecule has 0 bridgehead atoms. The highest BCUT2D eigenvalue weighted by Gasteiger charge is 2.33. The molecule has 9 heteroatoms. The summed E-state index contributed by atoms with van der Waals surface area (Å²) in [6.45, 7) is 0. The number of anilines is 2.